The maximum atomic E-state index is 13.3. The average molecular weight is 355 g/mol. The van der Waals surface area contributed by atoms with E-state index >= 15 is 0 Å². The van der Waals surface area contributed by atoms with E-state index in [1.165, 1.54) is 0 Å². The van der Waals surface area contributed by atoms with E-state index in [9.17, 15) is 4.79 Å². The van der Waals surface area contributed by atoms with Gasteiger partial charge in [0.2, 0.25) is 5.91 Å². The molecule has 0 aromatic carbocycles. The van der Waals surface area contributed by atoms with E-state index in [2.05, 4.69) is 15.1 Å². The first kappa shape index (κ1) is 17.1. The molecule has 0 bridgehead atoms. The average Bonchev–Trinajstić information content (AvgIpc) is 3.12. The Kier molecular flexibility index (Phi) is 4.72. The van der Waals surface area contributed by atoms with Crippen molar-refractivity contribution in [1.29, 1.82) is 0 Å². The van der Waals surface area contributed by atoms with Crippen molar-refractivity contribution in [2.75, 3.05) is 13.2 Å². The maximum absolute atomic E-state index is 13.3. The number of carbonyl (C=O) groups excluding carboxylic acids is 1. The summed E-state index contributed by atoms with van der Waals surface area (Å²) in [5.74, 6) is 0.846. The quantitative estimate of drug-likeness (QED) is 0.840. The smallest absolute Gasteiger partial charge is 0.229 e. The van der Waals surface area contributed by atoms with E-state index in [4.69, 9.17) is 4.74 Å². The van der Waals surface area contributed by atoms with Gasteiger partial charge in [0, 0.05) is 39.0 Å². The predicted molar refractivity (Wildman–Crippen MR) is 95.2 cm³/mol. The molecule has 26 heavy (non-hydrogen) atoms. The Hall–Kier alpha value is -2.28. The van der Waals surface area contributed by atoms with Crippen molar-refractivity contribution in [2.24, 2.45) is 13.0 Å². The number of ether oxygens (including phenoxy) is 1. The van der Waals surface area contributed by atoms with Gasteiger partial charge < -0.3 is 9.64 Å². The number of rotatable bonds is 3. The van der Waals surface area contributed by atoms with Crippen LogP contribution in [-0.2, 0) is 36.0 Å². The van der Waals surface area contributed by atoms with Crippen LogP contribution < -0.4 is 0 Å². The van der Waals surface area contributed by atoms with Crippen molar-refractivity contribution in [1.82, 2.24) is 24.6 Å². The Labute approximate surface area is 153 Å². The molecule has 0 saturated carbocycles. The van der Waals surface area contributed by atoms with Gasteiger partial charge in [0.05, 0.1) is 23.9 Å². The van der Waals surface area contributed by atoms with E-state index in [0.29, 0.717) is 13.2 Å². The van der Waals surface area contributed by atoms with Crippen molar-refractivity contribution in [2.45, 2.75) is 45.3 Å². The van der Waals surface area contributed by atoms with Crippen molar-refractivity contribution >= 4 is 5.91 Å². The molecule has 2 aromatic rings. The molecule has 2 aliphatic heterocycles. The first-order valence-electron chi connectivity index (χ1n) is 9.39. The second-order valence-corrected chi connectivity index (χ2v) is 7.04. The van der Waals surface area contributed by atoms with Crippen LogP contribution >= 0.6 is 0 Å². The molecular weight excluding hydrogens is 330 g/mol. The second-order valence-electron chi connectivity index (χ2n) is 7.04. The van der Waals surface area contributed by atoms with Gasteiger partial charge in [-0.2, -0.15) is 5.10 Å². The second kappa shape index (κ2) is 7.15. The predicted octanol–water partition coefficient (Wildman–Crippen LogP) is 1.83. The van der Waals surface area contributed by atoms with E-state index in [-0.39, 0.29) is 17.9 Å². The number of hydrogen-bond donors (Lipinski definition) is 0. The van der Waals surface area contributed by atoms with Gasteiger partial charge in [-0.25, -0.2) is 9.97 Å². The first-order chi connectivity index (χ1) is 12.7. The van der Waals surface area contributed by atoms with Crippen LogP contribution in [0.15, 0.2) is 18.5 Å². The SMILES string of the molecule is CCc1ncc2c(n1)CN(C(=O)[C@@H]1CCCO[C@H]1c1ccnn1C)CC2. The maximum Gasteiger partial charge on any atom is 0.229 e. The largest absolute Gasteiger partial charge is 0.371 e. The highest BCUT2D eigenvalue weighted by Crippen LogP contribution is 2.35. The Morgan fingerprint density at radius 3 is 3.08 bits per heavy atom. The number of hydrogen-bond acceptors (Lipinski definition) is 5. The number of amides is 1. The third-order valence-corrected chi connectivity index (χ3v) is 5.41. The van der Waals surface area contributed by atoms with Crippen molar-refractivity contribution in [3.63, 3.8) is 0 Å². The Morgan fingerprint density at radius 1 is 1.42 bits per heavy atom. The van der Waals surface area contributed by atoms with Gasteiger partial charge in [-0.05, 0) is 30.9 Å². The van der Waals surface area contributed by atoms with Gasteiger partial charge in [0.1, 0.15) is 11.9 Å². The highest BCUT2D eigenvalue weighted by atomic mass is 16.5. The van der Waals surface area contributed by atoms with Gasteiger partial charge in [0.15, 0.2) is 0 Å². The number of carbonyl (C=O) groups is 1. The molecule has 0 unspecified atom stereocenters. The molecule has 0 spiro atoms. The molecule has 4 rings (SSSR count). The normalized spacial score (nSPS) is 22.9. The van der Waals surface area contributed by atoms with E-state index in [1.807, 2.05) is 35.8 Å². The molecule has 1 amide bonds. The zero-order chi connectivity index (χ0) is 18.1. The molecule has 7 nitrogen and oxygen atoms in total. The van der Waals surface area contributed by atoms with Gasteiger partial charge >= 0.3 is 0 Å². The van der Waals surface area contributed by atoms with Gasteiger partial charge in [0.25, 0.3) is 0 Å². The standard InChI is InChI=1S/C19H25N5O2/c1-3-17-20-11-13-7-9-24(12-15(13)22-17)19(25)14-5-4-10-26-18(14)16-6-8-21-23(16)2/h6,8,11,14,18H,3-5,7,9-10,12H2,1-2H3/t14-,18-/m1/s1. The van der Waals surface area contributed by atoms with Gasteiger partial charge in [-0.1, -0.05) is 6.92 Å². The summed E-state index contributed by atoms with van der Waals surface area (Å²) in [6.07, 6.45) is 6.84. The third kappa shape index (κ3) is 3.11. The summed E-state index contributed by atoms with van der Waals surface area (Å²) in [7, 11) is 1.90. The summed E-state index contributed by atoms with van der Waals surface area (Å²) in [5.41, 5.74) is 3.12. The molecule has 0 N–H and O–H groups in total. The fraction of sp³-hybridized carbons (Fsp3) is 0.579. The number of fused-ring (bicyclic) bond motifs is 1. The van der Waals surface area contributed by atoms with Crippen LogP contribution in [0.3, 0.4) is 0 Å². The molecular formula is C19H25N5O2. The lowest BCUT2D eigenvalue weighted by Crippen LogP contribution is -2.43. The van der Waals surface area contributed by atoms with Crippen molar-refractivity contribution in [3.05, 3.63) is 41.2 Å². The van der Waals surface area contributed by atoms with Crippen LogP contribution in [0.2, 0.25) is 0 Å². The van der Waals surface area contributed by atoms with E-state index in [0.717, 1.165) is 55.0 Å². The highest BCUT2D eigenvalue weighted by molar-refractivity contribution is 5.80. The molecule has 2 atom stereocenters. The van der Waals surface area contributed by atoms with Crippen LogP contribution in [0, 0.1) is 5.92 Å². The Bertz CT molecular complexity index is 803. The summed E-state index contributed by atoms with van der Waals surface area (Å²) in [6.45, 7) is 4.02. The van der Waals surface area contributed by atoms with Gasteiger partial charge in [-0.15, -0.1) is 0 Å². The van der Waals surface area contributed by atoms with Crippen LogP contribution in [0.5, 0.6) is 0 Å². The summed E-state index contributed by atoms with van der Waals surface area (Å²) < 4.78 is 7.81. The first-order valence-corrected chi connectivity index (χ1v) is 9.39. The molecule has 0 aliphatic carbocycles. The molecule has 138 valence electrons. The van der Waals surface area contributed by atoms with Crippen molar-refractivity contribution < 1.29 is 9.53 Å². The van der Waals surface area contributed by atoms with Crippen LogP contribution in [-0.4, -0.2) is 43.7 Å². The summed E-state index contributed by atoms with van der Waals surface area (Å²) in [5, 5.41) is 4.24. The topological polar surface area (TPSA) is 73.1 Å². The lowest BCUT2D eigenvalue weighted by molar-refractivity contribution is -0.147. The fourth-order valence-corrected chi connectivity index (χ4v) is 3.93. The molecule has 2 aliphatic rings. The summed E-state index contributed by atoms with van der Waals surface area (Å²) in [6, 6.07) is 1.95. The van der Waals surface area contributed by atoms with Crippen LogP contribution in [0.1, 0.15) is 48.6 Å². The van der Waals surface area contributed by atoms with Gasteiger partial charge in [-0.3, -0.25) is 9.48 Å². The third-order valence-electron chi connectivity index (χ3n) is 5.41. The zero-order valence-corrected chi connectivity index (χ0v) is 15.4. The summed E-state index contributed by atoms with van der Waals surface area (Å²) >= 11 is 0. The van der Waals surface area contributed by atoms with E-state index in [1.54, 1.807) is 6.20 Å². The number of nitrogens with zero attached hydrogens (tertiary/aromatic N) is 5. The van der Waals surface area contributed by atoms with Crippen molar-refractivity contribution in [3.8, 4) is 0 Å². The van der Waals surface area contributed by atoms with Crippen LogP contribution in [0.25, 0.3) is 0 Å². The minimum absolute atomic E-state index is 0.159. The zero-order valence-electron chi connectivity index (χ0n) is 15.4. The lowest BCUT2D eigenvalue weighted by atomic mass is 9.90. The molecule has 2 aromatic heterocycles. The Balaban J connectivity index is 1.55. The molecule has 0 radical (unpaired) electrons. The van der Waals surface area contributed by atoms with Crippen LogP contribution in [0.4, 0.5) is 0 Å². The molecule has 7 heteroatoms. The Morgan fingerprint density at radius 2 is 2.31 bits per heavy atom. The lowest BCUT2D eigenvalue weighted by Gasteiger charge is -2.36. The minimum atomic E-state index is -0.221. The highest BCUT2D eigenvalue weighted by Gasteiger charge is 2.38. The molecule has 1 fully saturated rings. The summed E-state index contributed by atoms with van der Waals surface area (Å²) in [4.78, 5) is 24.3. The minimum Gasteiger partial charge on any atom is -0.371 e. The molecule has 4 heterocycles. The number of aromatic nitrogens is 4. The fourth-order valence-electron chi connectivity index (χ4n) is 3.93. The molecule has 1 saturated heterocycles. The monoisotopic (exact) mass is 355 g/mol. The van der Waals surface area contributed by atoms with E-state index < -0.39 is 0 Å². The number of aryl methyl sites for hydroxylation is 2.